The highest BCUT2D eigenvalue weighted by Crippen LogP contribution is 2.28. The van der Waals surface area contributed by atoms with Gasteiger partial charge in [-0.3, -0.25) is 4.98 Å². The number of rotatable bonds is 3. The Bertz CT molecular complexity index is 527. The standard InChI is InChI=1S/C13H14N2O2/c1-9-5-4-6-11(14-9)10-7-8-12(16-2)15-13(10)17-3/h4-8H,1-3H3. The van der Waals surface area contributed by atoms with E-state index in [9.17, 15) is 0 Å². The van der Waals surface area contributed by atoms with Crippen molar-refractivity contribution in [2.75, 3.05) is 14.2 Å². The quantitative estimate of drug-likeness (QED) is 0.812. The first kappa shape index (κ1) is 11.4. The molecule has 17 heavy (non-hydrogen) atoms. The van der Waals surface area contributed by atoms with Crippen molar-refractivity contribution in [1.29, 1.82) is 0 Å². The van der Waals surface area contributed by atoms with Crippen LogP contribution in [0.4, 0.5) is 0 Å². The average molecular weight is 230 g/mol. The molecular formula is C13H14N2O2. The fraction of sp³-hybridized carbons (Fsp3) is 0.231. The molecule has 4 nitrogen and oxygen atoms in total. The third kappa shape index (κ3) is 2.36. The Morgan fingerprint density at radius 1 is 0.941 bits per heavy atom. The van der Waals surface area contributed by atoms with Crippen LogP contribution in [0.15, 0.2) is 30.3 Å². The maximum Gasteiger partial charge on any atom is 0.225 e. The third-order valence-electron chi connectivity index (χ3n) is 2.40. The van der Waals surface area contributed by atoms with Crippen LogP contribution in [-0.2, 0) is 0 Å². The summed E-state index contributed by atoms with van der Waals surface area (Å²) in [6.45, 7) is 1.95. The zero-order chi connectivity index (χ0) is 12.3. The second-order valence-electron chi connectivity index (χ2n) is 3.57. The van der Waals surface area contributed by atoms with Crippen molar-refractivity contribution >= 4 is 0 Å². The minimum Gasteiger partial charge on any atom is -0.481 e. The van der Waals surface area contributed by atoms with E-state index in [4.69, 9.17) is 9.47 Å². The van der Waals surface area contributed by atoms with Crippen molar-refractivity contribution in [1.82, 2.24) is 9.97 Å². The average Bonchev–Trinajstić information content (AvgIpc) is 2.38. The Labute approximate surface area is 100 Å². The van der Waals surface area contributed by atoms with Gasteiger partial charge in [-0.05, 0) is 25.1 Å². The number of ether oxygens (including phenoxy) is 2. The number of aryl methyl sites for hydroxylation is 1. The molecule has 0 radical (unpaired) electrons. The fourth-order valence-electron chi connectivity index (χ4n) is 1.58. The van der Waals surface area contributed by atoms with E-state index in [1.54, 1.807) is 20.3 Å². The minimum atomic E-state index is 0.516. The molecule has 88 valence electrons. The number of methoxy groups -OCH3 is 2. The van der Waals surface area contributed by atoms with Crippen LogP contribution in [0.5, 0.6) is 11.8 Å². The van der Waals surface area contributed by atoms with Crippen LogP contribution >= 0.6 is 0 Å². The second-order valence-corrected chi connectivity index (χ2v) is 3.57. The lowest BCUT2D eigenvalue weighted by Crippen LogP contribution is -1.96. The van der Waals surface area contributed by atoms with E-state index in [0.29, 0.717) is 11.8 Å². The molecule has 0 N–H and O–H groups in total. The van der Waals surface area contributed by atoms with Gasteiger partial charge in [-0.25, -0.2) is 0 Å². The predicted octanol–water partition coefficient (Wildman–Crippen LogP) is 2.47. The Balaban J connectivity index is 2.51. The van der Waals surface area contributed by atoms with Gasteiger partial charge in [-0.1, -0.05) is 6.07 Å². The molecule has 0 amide bonds. The summed E-state index contributed by atoms with van der Waals surface area (Å²) in [6, 6.07) is 9.53. The lowest BCUT2D eigenvalue weighted by Gasteiger charge is -2.08. The van der Waals surface area contributed by atoms with Crippen LogP contribution < -0.4 is 9.47 Å². The fourth-order valence-corrected chi connectivity index (χ4v) is 1.58. The Kier molecular flexibility index (Phi) is 3.23. The molecule has 2 aromatic rings. The lowest BCUT2D eigenvalue weighted by molar-refractivity contribution is 0.366. The zero-order valence-electron chi connectivity index (χ0n) is 10.1. The summed E-state index contributed by atoms with van der Waals surface area (Å²) in [5.74, 6) is 1.04. The summed E-state index contributed by atoms with van der Waals surface area (Å²) in [5.41, 5.74) is 2.66. The van der Waals surface area contributed by atoms with E-state index >= 15 is 0 Å². The van der Waals surface area contributed by atoms with Gasteiger partial charge in [0, 0.05) is 11.8 Å². The first-order chi connectivity index (χ1) is 8.24. The van der Waals surface area contributed by atoms with Crippen molar-refractivity contribution in [3.8, 4) is 23.0 Å². The van der Waals surface area contributed by atoms with Gasteiger partial charge < -0.3 is 9.47 Å². The van der Waals surface area contributed by atoms with Crippen molar-refractivity contribution in [3.63, 3.8) is 0 Å². The summed E-state index contributed by atoms with van der Waals surface area (Å²) >= 11 is 0. The molecule has 0 atom stereocenters. The van der Waals surface area contributed by atoms with Crippen molar-refractivity contribution in [2.45, 2.75) is 6.92 Å². The summed E-state index contributed by atoms with van der Waals surface area (Å²) in [6.07, 6.45) is 0. The SMILES string of the molecule is COc1ccc(-c2cccc(C)n2)c(OC)n1. The molecule has 0 bridgehead atoms. The number of aromatic nitrogens is 2. The topological polar surface area (TPSA) is 44.2 Å². The first-order valence-corrected chi connectivity index (χ1v) is 5.27. The van der Waals surface area contributed by atoms with Crippen molar-refractivity contribution in [3.05, 3.63) is 36.0 Å². The molecule has 0 saturated heterocycles. The van der Waals surface area contributed by atoms with Gasteiger partial charge >= 0.3 is 0 Å². The summed E-state index contributed by atoms with van der Waals surface area (Å²) in [7, 11) is 3.16. The smallest absolute Gasteiger partial charge is 0.225 e. The molecule has 0 aromatic carbocycles. The van der Waals surface area contributed by atoms with E-state index in [0.717, 1.165) is 17.0 Å². The van der Waals surface area contributed by atoms with Gasteiger partial charge in [-0.15, -0.1) is 0 Å². The Morgan fingerprint density at radius 3 is 2.41 bits per heavy atom. The number of pyridine rings is 2. The van der Waals surface area contributed by atoms with Crippen LogP contribution in [0.1, 0.15) is 5.69 Å². The van der Waals surface area contributed by atoms with Crippen LogP contribution in [0, 0.1) is 6.92 Å². The van der Waals surface area contributed by atoms with Gasteiger partial charge in [0.05, 0.1) is 25.5 Å². The highest BCUT2D eigenvalue weighted by Gasteiger charge is 2.10. The second kappa shape index (κ2) is 4.82. The normalized spacial score (nSPS) is 10.1. The van der Waals surface area contributed by atoms with Gasteiger partial charge in [0.1, 0.15) is 0 Å². The molecule has 2 rings (SSSR count). The molecule has 0 unspecified atom stereocenters. The highest BCUT2D eigenvalue weighted by atomic mass is 16.5. The van der Waals surface area contributed by atoms with Gasteiger partial charge in [0.2, 0.25) is 11.8 Å². The van der Waals surface area contributed by atoms with Crippen molar-refractivity contribution in [2.24, 2.45) is 0 Å². The van der Waals surface area contributed by atoms with E-state index < -0.39 is 0 Å². The van der Waals surface area contributed by atoms with Crippen LogP contribution in [-0.4, -0.2) is 24.2 Å². The molecule has 0 aliphatic carbocycles. The van der Waals surface area contributed by atoms with E-state index in [1.807, 2.05) is 31.2 Å². The number of hydrogen-bond donors (Lipinski definition) is 0. The van der Waals surface area contributed by atoms with Crippen LogP contribution in [0.25, 0.3) is 11.3 Å². The lowest BCUT2D eigenvalue weighted by atomic mass is 10.1. The molecule has 0 aliphatic rings. The molecule has 2 aromatic heterocycles. The largest absolute Gasteiger partial charge is 0.481 e. The van der Waals surface area contributed by atoms with Gasteiger partial charge in [0.25, 0.3) is 0 Å². The third-order valence-corrected chi connectivity index (χ3v) is 2.40. The summed E-state index contributed by atoms with van der Waals surface area (Å²) in [5, 5.41) is 0. The maximum atomic E-state index is 5.25. The first-order valence-electron chi connectivity index (χ1n) is 5.27. The van der Waals surface area contributed by atoms with Crippen LogP contribution in [0.3, 0.4) is 0 Å². The molecule has 0 saturated carbocycles. The molecular weight excluding hydrogens is 216 g/mol. The highest BCUT2D eigenvalue weighted by molar-refractivity contribution is 5.65. The Morgan fingerprint density at radius 2 is 1.76 bits per heavy atom. The van der Waals surface area contributed by atoms with Crippen molar-refractivity contribution < 1.29 is 9.47 Å². The Hall–Kier alpha value is -2.10. The molecule has 4 heteroatoms. The van der Waals surface area contributed by atoms with Gasteiger partial charge in [0.15, 0.2) is 0 Å². The van der Waals surface area contributed by atoms with Gasteiger partial charge in [-0.2, -0.15) is 4.98 Å². The van der Waals surface area contributed by atoms with E-state index in [-0.39, 0.29) is 0 Å². The minimum absolute atomic E-state index is 0.516. The molecule has 2 heterocycles. The van der Waals surface area contributed by atoms with E-state index in [2.05, 4.69) is 9.97 Å². The predicted molar refractivity (Wildman–Crippen MR) is 65.3 cm³/mol. The zero-order valence-corrected chi connectivity index (χ0v) is 10.1. The summed E-state index contributed by atoms with van der Waals surface area (Å²) in [4.78, 5) is 8.68. The van der Waals surface area contributed by atoms with E-state index in [1.165, 1.54) is 0 Å². The molecule has 0 spiro atoms. The maximum absolute atomic E-state index is 5.25. The summed E-state index contributed by atoms with van der Waals surface area (Å²) < 4.78 is 10.3. The number of nitrogens with zero attached hydrogens (tertiary/aromatic N) is 2. The monoisotopic (exact) mass is 230 g/mol. The number of hydrogen-bond acceptors (Lipinski definition) is 4. The molecule has 0 aliphatic heterocycles. The molecule has 0 fully saturated rings. The van der Waals surface area contributed by atoms with Crippen LogP contribution in [0.2, 0.25) is 0 Å².